The van der Waals surface area contributed by atoms with Crippen LogP contribution in [0.5, 0.6) is 5.75 Å². The lowest BCUT2D eigenvalue weighted by atomic mass is 9.92. The molecule has 212 valence electrons. The first-order valence-electron chi connectivity index (χ1n) is 14.2. The van der Waals surface area contributed by atoms with Crippen LogP contribution in [0.25, 0.3) is 11.1 Å². The molecule has 1 heterocycles. The first-order chi connectivity index (χ1) is 19.5. The summed E-state index contributed by atoms with van der Waals surface area (Å²) in [6.07, 6.45) is 5.08. The van der Waals surface area contributed by atoms with Crippen LogP contribution in [-0.4, -0.2) is 43.7 Å². The average molecular weight is 563 g/mol. The number of hydrogen-bond acceptors (Lipinski definition) is 6. The molecule has 1 aliphatic carbocycles. The van der Waals surface area contributed by atoms with E-state index in [9.17, 15) is 4.79 Å². The minimum absolute atomic E-state index is 0.0603. The maximum atomic E-state index is 11.5. The molecule has 2 N–H and O–H groups in total. The number of piperidine rings is 1. The zero-order chi connectivity index (χ0) is 28.1. The second kappa shape index (κ2) is 13.2. The van der Waals surface area contributed by atoms with Crippen LogP contribution in [0, 0.1) is 6.92 Å². The SMILES string of the molecule is COCc1cc(OCc2cccc(-c3cccc4c3CCC4)c2C)c(Cl)cc1CN1CCC(OC(=O)CN)CC1. The monoisotopic (exact) mass is 562 g/mol. The van der Waals surface area contributed by atoms with Gasteiger partial charge in [0.15, 0.2) is 0 Å². The van der Waals surface area contributed by atoms with E-state index in [1.165, 1.54) is 40.7 Å². The fourth-order valence-corrected chi connectivity index (χ4v) is 6.24. The van der Waals surface area contributed by atoms with E-state index in [1.807, 2.05) is 12.1 Å². The van der Waals surface area contributed by atoms with Gasteiger partial charge in [-0.2, -0.15) is 0 Å². The minimum atomic E-state index is -0.339. The van der Waals surface area contributed by atoms with Crippen molar-refractivity contribution in [1.82, 2.24) is 4.90 Å². The van der Waals surface area contributed by atoms with E-state index in [0.29, 0.717) is 24.0 Å². The molecule has 5 rings (SSSR count). The number of hydrogen-bond donors (Lipinski definition) is 1. The molecule has 3 aromatic rings. The number of likely N-dealkylation sites (tertiary alicyclic amines) is 1. The van der Waals surface area contributed by atoms with Crippen molar-refractivity contribution in [3.05, 3.63) is 86.9 Å². The average Bonchev–Trinajstić information content (AvgIpc) is 3.45. The van der Waals surface area contributed by atoms with Gasteiger partial charge in [0.1, 0.15) is 18.5 Å². The Balaban J connectivity index is 1.28. The highest BCUT2D eigenvalue weighted by molar-refractivity contribution is 6.32. The summed E-state index contributed by atoms with van der Waals surface area (Å²) in [5, 5.41) is 0.594. The number of esters is 1. The molecule has 0 unspecified atom stereocenters. The Morgan fingerprint density at radius 2 is 1.77 bits per heavy atom. The molecule has 1 fully saturated rings. The normalized spacial score (nSPS) is 15.7. The fraction of sp³-hybridized carbons (Fsp3) is 0.424. The summed E-state index contributed by atoms with van der Waals surface area (Å²) in [7, 11) is 1.70. The van der Waals surface area contributed by atoms with Crippen molar-refractivity contribution in [3.63, 3.8) is 0 Å². The summed E-state index contributed by atoms with van der Waals surface area (Å²) in [5.41, 5.74) is 15.6. The number of fused-ring (bicyclic) bond motifs is 1. The number of rotatable bonds is 10. The van der Waals surface area contributed by atoms with Crippen LogP contribution in [0.15, 0.2) is 48.5 Å². The van der Waals surface area contributed by atoms with E-state index in [1.54, 1.807) is 7.11 Å². The molecular formula is C33H39ClN2O4. The van der Waals surface area contributed by atoms with Gasteiger partial charge in [0.05, 0.1) is 18.2 Å². The number of carbonyl (C=O) groups is 1. The summed E-state index contributed by atoms with van der Waals surface area (Å²) in [5.74, 6) is 0.323. The molecule has 1 aliphatic heterocycles. The van der Waals surface area contributed by atoms with Gasteiger partial charge in [-0.15, -0.1) is 0 Å². The van der Waals surface area contributed by atoms with Crippen LogP contribution in [0.2, 0.25) is 5.02 Å². The topological polar surface area (TPSA) is 74.0 Å². The standard InChI is InChI=1S/C33H39ClN2O4/c1-22-24(8-5-9-28(22)30-11-4-7-23-6-3-10-29(23)30)21-39-32-17-26(20-38-2)25(16-31(32)34)19-36-14-12-27(13-15-36)40-33(37)18-35/h4-5,7-9,11,16-17,27H,3,6,10,12-15,18-21,35H2,1-2H3. The summed E-state index contributed by atoms with van der Waals surface area (Å²) in [6, 6.07) is 17.2. The van der Waals surface area contributed by atoms with Crippen molar-refractivity contribution >= 4 is 17.6 Å². The zero-order valence-electron chi connectivity index (χ0n) is 23.5. The van der Waals surface area contributed by atoms with Gasteiger partial charge < -0.3 is 19.9 Å². The quantitative estimate of drug-likeness (QED) is 0.306. The highest BCUT2D eigenvalue weighted by atomic mass is 35.5. The van der Waals surface area contributed by atoms with Crippen molar-refractivity contribution in [3.8, 4) is 16.9 Å². The van der Waals surface area contributed by atoms with Gasteiger partial charge in [-0.05, 0) is 95.7 Å². The van der Waals surface area contributed by atoms with Gasteiger partial charge in [0.25, 0.3) is 0 Å². The number of ether oxygens (including phenoxy) is 3. The molecule has 3 aromatic carbocycles. The lowest BCUT2D eigenvalue weighted by Gasteiger charge is -2.32. The smallest absolute Gasteiger partial charge is 0.319 e. The van der Waals surface area contributed by atoms with Crippen LogP contribution in [0.4, 0.5) is 0 Å². The molecule has 0 radical (unpaired) electrons. The van der Waals surface area contributed by atoms with Gasteiger partial charge in [0.2, 0.25) is 0 Å². The predicted molar refractivity (Wildman–Crippen MR) is 159 cm³/mol. The molecule has 0 atom stereocenters. The molecule has 6 nitrogen and oxygen atoms in total. The predicted octanol–water partition coefficient (Wildman–Crippen LogP) is 6.00. The van der Waals surface area contributed by atoms with E-state index in [0.717, 1.165) is 55.6 Å². The third-order valence-corrected chi connectivity index (χ3v) is 8.51. The van der Waals surface area contributed by atoms with Gasteiger partial charge in [-0.25, -0.2) is 0 Å². The molecule has 40 heavy (non-hydrogen) atoms. The first-order valence-corrected chi connectivity index (χ1v) is 14.6. The van der Waals surface area contributed by atoms with Crippen LogP contribution in [0.3, 0.4) is 0 Å². The molecular weight excluding hydrogens is 524 g/mol. The number of methoxy groups -OCH3 is 1. The molecule has 0 aromatic heterocycles. The maximum Gasteiger partial charge on any atom is 0.319 e. The highest BCUT2D eigenvalue weighted by Crippen LogP contribution is 2.36. The number of carbonyl (C=O) groups excluding carboxylic acids is 1. The second-order valence-corrected chi connectivity index (χ2v) is 11.2. The van der Waals surface area contributed by atoms with Crippen molar-refractivity contribution in [2.75, 3.05) is 26.7 Å². The van der Waals surface area contributed by atoms with Crippen molar-refractivity contribution in [1.29, 1.82) is 0 Å². The van der Waals surface area contributed by atoms with Crippen LogP contribution >= 0.6 is 11.6 Å². The number of nitrogens with two attached hydrogens (primary N) is 1. The Morgan fingerprint density at radius 3 is 2.55 bits per heavy atom. The summed E-state index contributed by atoms with van der Waals surface area (Å²) in [6.45, 7) is 5.45. The lowest BCUT2D eigenvalue weighted by Crippen LogP contribution is -2.38. The molecule has 7 heteroatoms. The zero-order valence-corrected chi connectivity index (χ0v) is 24.3. The molecule has 0 amide bonds. The molecule has 1 saturated heterocycles. The first kappa shape index (κ1) is 28.6. The number of aryl methyl sites for hydroxylation is 1. The van der Waals surface area contributed by atoms with E-state index in [2.05, 4.69) is 48.2 Å². The largest absolute Gasteiger partial charge is 0.487 e. The highest BCUT2D eigenvalue weighted by Gasteiger charge is 2.23. The number of halogens is 1. The van der Waals surface area contributed by atoms with Crippen LogP contribution in [0.1, 0.15) is 52.6 Å². The van der Waals surface area contributed by atoms with E-state index in [4.69, 9.17) is 31.5 Å². The van der Waals surface area contributed by atoms with E-state index in [-0.39, 0.29) is 18.6 Å². The summed E-state index contributed by atoms with van der Waals surface area (Å²) >= 11 is 6.76. The Morgan fingerprint density at radius 1 is 1.00 bits per heavy atom. The Bertz CT molecular complexity index is 1350. The van der Waals surface area contributed by atoms with Crippen LogP contribution in [-0.2, 0) is 46.9 Å². The van der Waals surface area contributed by atoms with Crippen molar-refractivity contribution < 1.29 is 19.0 Å². The third kappa shape index (κ3) is 6.52. The Labute approximate surface area is 242 Å². The summed E-state index contributed by atoms with van der Waals surface area (Å²) < 4.78 is 17.3. The van der Waals surface area contributed by atoms with Gasteiger partial charge in [-0.1, -0.05) is 48.0 Å². The maximum absolute atomic E-state index is 11.5. The van der Waals surface area contributed by atoms with Crippen molar-refractivity contribution in [2.45, 2.75) is 64.9 Å². The number of nitrogens with zero attached hydrogens (tertiary/aromatic N) is 1. The Kier molecular flexibility index (Phi) is 9.43. The third-order valence-electron chi connectivity index (χ3n) is 8.21. The molecule has 0 bridgehead atoms. The van der Waals surface area contributed by atoms with Crippen LogP contribution < -0.4 is 10.5 Å². The van der Waals surface area contributed by atoms with Gasteiger partial charge in [0, 0.05) is 26.7 Å². The fourth-order valence-electron chi connectivity index (χ4n) is 6.00. The number of benzene rings is 3. The second-order valence-electron chi connectivity index (χ2n) is 10.8. The molecule has 0 saturated carbocycles. The van der Waals surface area contributed by atoms with E-state index >= 15 is 0 Å². The van der Waals surface area contributed by atoms with E-state index < -0.39 is 0 Å². The summed E-state index contributed by atoms with van der Waals surface area (Å²) in [4.78, 5) is 13.9. The molecule has 0 spiro atoms. The van der Waals surface area contributed by atoms with Crippen molar-refractivity contribution in [2.24, 2.45) is 5.73 Å². The van der Waals surface area contributed by atoms with Gasteiger partial charge in [-0.3, -0.25) is 9.69 Å². The minimum Gasteiger partial charge on any atom is -0.487 e. The molecule has 2 aliphatic rings. The van der Waals surface area contributed by atoms with Gasteiger partial charge >= 0.3 is 5.97 Å². The lowest BCUT2D eigenvalue weighted by molar-refractivity contribution is -0.149. The Hall–Kier alpha value is -2.90.